The quantitative estimate of drug-likeness (QED) is 0.741. The van der Waals surface area contributed by atoms with Gasteiger partial charge in [-0.05, 0) is 18.2 Å². The van der Waals surface area contributed by atoms with Gasteiger partial charge in [-0.1, -0.05) is 32.4 Å². The summed E-state index contributed by atoms with van der Waals surface area (Å²) in [6, 6.07) is 8.40. The summed E-state index contributed by atoms with van der Waals surface area (Å²) < 4.78 is 0. The number of nitrogens with zero attached hydrogens (tertiary/aromatic N) is 1. The zero-order valence-corrected chi connectivity index (χ0v) is 9.97. The van der Waals surface area contributed by atoms with Gasteiger partial charge in [0, 0.05) is 11.1 Å². The van der Waals surface area contributed by atoms with Gasteiger partial charge in [-0.15, -0.1) is 0 Å². The van der Waals surface area contributed by atoms with Crippen LogP contribution in [0.25, 0.3) is 10.9 Å². The molecule has 0 aliphatic heterocycles. The lowest BCUT2D eigenvalue weighted by atomic mass is 10.2. The highest BCUT2D eigenvalue weighted by atomic mass is 16.4. The summed E-state index contributed by atoms with van der Waals surface area (Å²) in [6.45, 7) is 4.25. The average molecular weight is 232 g/mol. The minimum Gasteiger partial charge on any atom is -0.477 e. The number of carboxylic acids is 1. The molecule has 0 saturated carbocycles. The fourth-order valence-corrected chi connectivity index (χ4v) is 1.25. The summed E-state index contributed by atoms with van der Waals surface area (Å²) in [5.74, 6) is -1.03. The molecular weight excluding hydrogens is 216 g/mol. The number of anilines is 1. The average Bonchev–Trinajstić information content (AvgIpc) is 2.29. The van der Waals surface area contributed by atoms with Gasteiger partial charge in [-0.3, -0.25) is 0 Å². The van der Waals surface area contributed by atoms with Crippen LogP contribution in [0.2, 0.25) is 0 Å². The maximum atomic E-state index is 10.6. The van der Waals surface area contributed by atoms with E-state index in [2.05, 4.69) is 18.8 Å². The Hall–Kier alpha value is -2.10. The van der Waals surface area contributed by atoms with Crippen molar-refractivity contribution in [2.75, 3.05) is 5.73 Å². The number of nitrogens with two attached hydrogens (primary N) is 1. The highest BCUT2D eigenvalue weighted by Gasteiger charge is 2.04. The molecule has 0 saturated heterocycles. The monoisotopic (exact) mass is 232 g/mol. The number of benzene rings is 1. The summed E-state index contributed by atoms with van der Waals surface area (Å²) >= 11 is 0. The molecule has 4 nitrogen and oxygen atoms in total. The summed E-state index contributed by atoms with van der Waals surface area (Å²) in [7, 11) is 0. The number of aromatic nitrogens is 1. The first-order valence-corrected chi connectivity index (χ1v) is 5.48. The topological polar surface area (TPSA) is 76.2 Å². The Kier molecular flexibility index (Phi) is 4.46. The van der Waals surface area contributed by atoms with E-state index in [0.29, 0.717) is 11.2 Å². The van der Waals surface area contributed by atoms with E-state index in [9.17, 15) is 4.79 Å². The number of hydrogen-bond donors (Lipinski definition) is 2. The van der Waals surface area contributed by atoms with E-state index in [4.69, 9.17) is 10.8 Å². The molecule has 1 heterocycles. The standard InChI is InChI=1S/C10H8N2O2.C3H8/c11-7-3-1-6-2-4-8(10(13)14)12-9(6)5-7;1-3-2/h1-5H,11H2,(H,13,14);3H2,1-2H3. The number of pyridine rings is 1. The van der Waals surface area contributed by atoms with Gasteiger partial charge in [-0.25, -0.2) is 9.78 Å². The number of hydrogen-bond acceptors (Lipinski definition) is 3. The van der Waals surface area contributed by atoms with Crippen LogP contribution in [0.5, 0.6) is 0 Å². The van der Waals surface area contributed by atoms with Crippen molar-refractivity contribution in [2.24, 2.45) is 0 Å². The normalized spacial score (nSPS) is 9.53. The van der Waals surface area contributed by atoms with Crippen LogP contribution in [0.15, 0.2) is 30.3 Å². The molecule has 0 bridgehead atoms. The lowest BCUT2D eigenvalue weighted by molar-refractivity contribution is 0.0691. The Labute approximate surface area is 100 Å². The first kappa shape index (κ1) is 13.0. The maximum absolute atomic E-state index is 10.6. The number of carboxylic acid groups (broad SMARTS) is 1. The van der Waals surface area contributed by atoms with E-state index < -0.39 is 5.97 Å². The Balaban J connectivity index is 0.000000437. The van der Waals surface area contributed by atoms with Crippen molar-refractivity contribution in [1.29, 1.82) is 0 Å². The number of rotatable bonds is 1. The lowest BCUT2D eigenvalue weighted by Gasteiger charge is -1.99. The second-order valence-corrected chi connectivity index (χ2v) is 3.66. The first-order valence-electron chi connectivity index (χ1n) is 5.48. The van der Waals surface area contributed by atoms with Crippen LogP contribution in [0.4, 0.5) is 5.69 Å². The molecule has 0 unspecified atom stereocenters. The zero-order valence-electron chi connectivity index (χ0n) is 9.97. The number of nitrogen functional groups attached to an aromatic ring is 1. The molecule has 0 aliphatic rings. The van der Waals surface area contributed by atoms with Crippen LogP contribution < -0.4 is 5.73 Å². The van der Waals surface area contributed by atoms with Crippen molar-refractivity contribution in [1.82, 2.24) is 4.98 Å². The summed E-state index contributed by atoms with van der Waals surface area (Å²) in [5, 5.41) is 9.60. The maximum Gasteiger partial charge on any atom is 0.354 e. The molecular formula is C13H16N2O2. The number of carbonyl (C=O) groups is 1. The third-order valence-electron chi connectivity index (χ3n) is 1.94. The second-order valence-electron chi connectivity index (χ2n) is 3.66. The smallest absolute Gasteiger partial charge is 0.354 e. The van der Waals surface area contributed by atoms with Crippen molar-refractivity contribution in [3.63, 3.8) is 0 Å². The summed E-state index contributed by atoms with van der Waals surface area (Å²) in [4.78, 5) is 14.6. The zero-order chi connectivity index (χ0) is 12.8. The SMILES string of the molecule is CCC.Nc1ccc2ccc(C(=O)O)nc2c1. The van der Waals surface area contributed by atoms with Gasteiger partial charge in [0.15, 0.2) is 0 Å². The van der Waals surface area contributed by atoms with Crippen molar-refractivity contribution in [3.8, 4) is 0 Å². The van der Waals surface area contributed by atoms with Crippen molar-refractivity contribution < 1.29 is 9.90 Å². The molecule has 0 spiro atoms. The van der Waals surface area contributed by atoms with Crippen LogP contribution in [0.1, 0.15) is 30.8 Å². The van der Waals surface area contributed by atoms with Gasteiger partial charge < -0.3 is 10.8 Å². The molecule has 4 heteroatoms. The van der Waals surface area contributed by atoms with Gasteiger partial charge in [0.25, 0.3) is 0 Å². The first-order chi connectivity index (χ1) is 8.08. The molecule has 0 amide bonds. The molecule has 2 aromatic rings. The molecule has 3 N–H and O–H groups in total. The molecule has 17 heavy (non-hydrogen) atoms. The Morgan fingerprint density at radius 2 is 1.88 bits per heavy atom. The van der Waals surface area contributed by atoms with Crippen LogP contribution in [-0.2, 0) is 0 Å². The largest absolute Gasteiger partial charge is 0.477 e. The summed E-state index contributed by atoms with van der Waals surface area (Å²) in [5.41, 5.74) is 6.77. The highest BCUT2D eigenvalue weighted by Crippen LogP contribution is 2.15. The molecule has 1 aromatic carbocycles. The van der Waals surface area contributed by atoms with Crippen molar-refractivity contribution >= 4 is 22.6 Å². The van der Waals surface area contributed by atoms with Crippen LogP contribution >= 0.6 is 0 Å². The van der Waals surface area contributed by atoms with Gasteiger partial charge in [-0.2, -0.15) is 0 Å². The van der Waals surface area contributed by atoms with Crippen molar-refractivity contribution in [2.45, 2.75) is 20.3 Å². The Morgan fingerprint density at radius 3 is 2.47 bits per heavy atom. The van der Waals surface area contributed by atoms with Crippen LogP contribution in [0, 0.1) is 0 Å². The van der Waals surface area contributed by atoms with Crippen molar-refractivity contribution in [3.05, 3.63) is 36.0 Å². The molecule has 0 radical (unpaired) electrons. The van der Waals surface area contributed by atoms with E-state index >= 15 is 0 Å². The van der Waals surface area contributed by atoms with E-state index in [1.165, 1.54) is 12.5 Å². The Morgan fingerprint density at radius 1 is 1.29 bits per heavy atom. The number of fused-ring (bicyclic) bond motifs is 1. The van der Waals surface area contributed by atoms with Gasteiger partial charge in [0.05, 0.1) is 5.52 Å². The van der Waals surface area contributed by atoms with Gasteiger partial charge >= 0.3 is 5.97 Å². The van der Waals surface area contributed by atoms with Crippen LogP contribution in [-0.4, -0.2) is 16.1 Å². The predicted octanol–water partition coefficient (Wildman–Crippen LogP) is 2.93. The number of aromatic carboxylic acids is 1. The third kappa shape index (κ3) is 3.45. The highest BCUT2D eigenvalue weighted by molar-refractivity contribution is 5.90. The molecule has 1 aromatic heterocycles. The van der Waals surface area contributed by atoms with Gasteiger partial charge in [0.1, 0.15) is 5.69 Å². The predicted molar refractivity (Wildman–Crippen MR) is 69.1 cm³/mol. The summed E-state index contributed by atoms with van der Waals surface area (Å²) in [6.07, 6.45) is 1.25. The van der Waals surface area contributed by atoms with Gasteiger partial charge in [0.2, 0.25) is 0 Å². The third-order valence-corrected chi connectivity index (χ3v) is 1.94. The molecule has 0 fully saturated rings. The molecule has 0 atom stereocenters. The van der Waals surface area contributed by atoms with E-state index in [-0.39, 0.29) is 5.69 Å². The van der Waals surface area contributed by atoms with E-state index in [1.54, 1.807) is 18.2 Å². The fraction of sp³-hybridized carbons (Fsp3) is 0.231. The molecule has 2 rings (SSSR count). The lowest BCUT2D eigenvalue weighted by Crippen LogP contribution is -1.99. The minimum absolute atomic E-state index is 0.0306. The Bertz CT molecular complexity index is 524. The minimum atomic E-state index is -1.03. The second kappa shape index (κ2) is 5.84. The fourth-order valence-electron chi connectivity index (χ4n) is 1.25. The van der Waals surface area contributed by atoms with E-state index in [0.717, 1.165) is 5.39 Å². The molecule has 90 valence electrons. The molecule has 0 aliphatic carbocycles. The van der Waals surface area contributed by atoms with E-state index in [1.807, 2.05) is 6.07 Å². The van der Waals surface area contributed by atoms with Crippen LogP contribution in [0.3, 0.4) is 0 Å².